The molecule has 5 nitrogen and oxygen atoms in total. The highest BCUT2D eigenvalue weighted by Gasteiger charge is 2.16. The van der Waals surface area contributed by atoms with Crippen LogP contribution in [0.25, 0.3) is 0 Å². The molecular formula is C16H23N3O2S. The highest BCUT2D eigenvalue weighted by molar-refractivity contribution is 7.99. The third-order valence-corrected chi connectivity index (χ3v) is 4.61. The van der Waals surface area contributed by atoms with Crippen molar-refractivity contribution >= 4 is 23.6 Å². The van der Waals surface area contributed by atoms with Crippen molar-refractivity contribution in [3.05, 3.63) is 35.4 Å². The number of aryl methyl sites for hydroxylation is 1. The molecule has 0 saturated carbocycles. The summed E-state index contributed by atoms with van der Waals surface area (Å²) in [6, 6.07) is 7.68. The Labute approximate surface area is 135 Å². The van der Waals surface area contributed by atoms with E-state index >= 15 is 0 Å². The fourth-order valence-corrected chi connectivity index (χ4v) is 3.18. The Morgan fingerprint density at radius 2 is 1.95 bits per heavy atom. The van der Waals surface area contributed by atoms with E-state index in [1.807, 2.05) is 30.8 Å². The van der Waals surface area contributed by atoms with Crippen LogP contribution in [0.15, 0.2) is 24.3 Å². The van der Waals surface area contributed by atoms with Crippen LogP contribution in [0.5, 0.6) is 0 Å². The van der Waals surface area contributed by atoms with Gasteiger partial charge in [0.15, 0.2) is 0 Å². The van der Waals surface area contributed by atoms with Crippen LogP contribution in [0.4, 0.5) is 0 Å². The van der Waals surface area contributed by atoms with Gasteiger partial charge in [0, 0.05) is 49.2 Å². The summed E-state index contributed by atoms with van der Waals surface area (Å²) in [5.41, 5.74) is 1.76. The Balaban J connectivity index is 1.61. The van der Waals surface area contributed by atoms with Crippen molar-refractivity contribution in [3.8, 4) is 0 Å². The summed E-state index contributed by atoms with van der Waals surface area (Å²) in [6.07, 6.45) is 0.499. The quantitative estimate of drug-likeness (QED) is 0.682. The normalized spacial score (nSPS) is 17.8. The van der Waals surface area contributed by atoms with Crippen LogP contribution >= 0.6 is 11.8 Å². The Morgan fingerprint density at radius 1 is 1.23 bits per heavy atom. The second kappa shape index (κ2) is 8.80. The van der Waals surface area contributed by atoms with Gasteiger partial charge in [-0.25, -0.2) is 0 Å². The molecule has 0 aromatic heterocycles. The molecule has 0 aliphatic carbocycles. The highest BCUT2D eigenvalue weighted by atomic mass is 32.2. The molecule has 120 valence electrons. The number of carbonyl (C=O) groups excluding carboxylic acids is 2. The van der Waals surface area contributed by atoms with Crippen LogP contribution in [0.2, 0.25) is 0 Å². The third-order valence-electron chi connectivity index (χ3n) is 3.48. The zero-order chi connectivity index (χ0) is 15.8. The minimum absolute atomic E-state index is 0.0320. The molecule has 6 heteroatoms. The van der Waals surface area contributed by atoms with Crippen LogP contribution in [0.1, 0.15) is 22.3 Å². The molecule has 1 heterocycles. The lowest BCUT2D eigenvalue weighted by atomic mass is 10.1. The van der Waals surface area contributed by atoms with Crippen molar-refractivity contribution in [2.45, 2.75) is 19.4 Å². The summed E-state index contributed by atoms with van der Waals surface area (Å²) in [4.78, 5) is 23.7. The van der Waals surface area contributed by atoms with Gasteiger partial charge in [0.05, 0.1) is 0 Å². The number of carbonyl (C=O) groups is 2. The number of hydrogen-bond acceptors (Lipinski definition) is 4. The molecule has 1 atom stereocenters. The minimum atomic E-state index is -0.111. The molecule has 22 heavy (non-hydrogen) atoms. The van der Waals surface area contributed by atoms with E-state index in [1.165, 1.54) is 0 Å². The van der Waals surface area contributed by atoms with E-state index in [9.17, 15) is 9.59 Å². The number of thioether (sulfide) groups is 1. The van der Waals surface area contributed by atoms with E-state index in [0.29, 0.717) is 25.1 Å². The zero-order valence-corrected chi connectivity index (χ0v) is 13.7. The summed E-state index contributed by atoms with van der Waals surface area (Å²) < 4.78 is 0. The topological polar surface area (TPSA) is 70.2 Å². The van der Waals surface area contributed by atoms with Crippen molar-refractivity contribution in [2.75, 3.05) is 31.1 Å². The summed E-state index contributed by atoms with van der Waals surface area (Å²) in [7, 11) is 0. The largest absolute Gasteiger partial charge is 0.354 e. The van der Waals surface area contributed by atoms with Crippen molar-refractivity contribution in [3.63, 3.8) is 0 Å². The maximum Gasteiger partial charge on any atom is 0.251 e. The first-order valence-electron chi connectivity index (χ1n) is 7.58. The van der Waals surface area contributed by atoms with Crippen molar-refractivity contribution in [2.24, 2.45) is 0 Å². The van der Waals surface area contributed by atoms with Gasteiger partial charge in [0.25, 0.3) is 5.91 Å². The Hall–Kier alpha value is -1.53. The lowest BCUT2D eigenvalue weighted by Gasteiger charge is -2.22. The van der Waals surface area contributed by atoms with E-state index in [0.717, 1.165) is 23.6 Å². The van der Waals surface area contributed by atoms with Crippen molar-refractivity contribution in [1.29, 1.82) is 0 Å². The minimum Gasteiger partial charge on any atom is -0.354 e. The second-order valence-corrected chi connectivity index (χ2v) is 6.55. The standard InChI is InChI=1S/C16H23N3O2S/c1-12-2-4-13(5-3-12)16(21)19-7-6-18-15(20)10-14-11-22-9-8-17-14/h2-5,14,17H,6-11H2,1H3,(H,18,20)(H,19,21). The molecule has 3 N–H and O–H groups in total. The molecule has 0 bridgehead atoms. The lowest BCUT2D eigenvalue weighted by Crippen LogP contribution is -2.42. The van der Waals surface area contributed by atoms with Crippen LogP contribution < -0.4 is 16.0 Å². The van der Waals surface area contributed by atoms with Gasteiger partial charge in [0.2, 0.25) is 5.91 Å². The van der Waals surface area contributed by atoms with Crippen LogP contribution in [-0.2, 0) is 4.79 Å². The first-order valence-corrected chi connectivity index (χ1v) is 8.73. The summed E-state index contributed by atoms with van der Waals surface area (Å²) >= 11 is 1.88. The Bertz CT molecular complexity index is 499. The molecule has 1 unspecified atom stereocenters. The predicted molar refractivity (Wildman–Crippen MR) is 90.3 cm³/mol. The average molecular weight is 321 g/mol. The molecule has 1 saturated heterocycles. The fourth-order valence-electron chi connectivity index (χ4n) is 2.23. The predicted octanol–water partition coefficient (Wildman–Crippen LogP) is 0.936. The summed E-state index contributed by atoms with van der Waals surface area (Å²) in [6.45, 7) is 3.84. The molecule has 1 fully saturated rings. The summed E-state index contributed by atoms with van der Waals surface area (Å²) in [5, 5.41) is 8.98. The lowest BCUT2D eigenvalue weighted by molar-refractivity contribution is -0.121. The maximum absolute atomic E-state index is 11.9. The average Bonchev–Trinajstić information content (AvgIpc) is 2.53. The number of rotatable bonds is 6. The van der Waals surface area contributed by atoms with E-state index in [1.54, 1.807) is 12.1 Å². The molecule has 0 spiro atoms. The molecule has 0 radical (unpaired) electrons. The van der Waals surface area contributed by atoms with Gasteiger partial charge in [0.1, 0.15) is 0 Å². The first-order chi connectivity index (χ1) is 10.6. The number of nitrogens with one attached hydrogen (secondary N) is 3. The Morgan fingerprint density at radius 3 is 2.64 bits per heavy atom. The molecule has 1 aliphatic heterocycles. The SMILES string of the molecule is Cc1ccc(C(=O)NCCNC(=O)CC2CSCCN2)cc1. The molecule has 2 amide bonds. The fraction of sp³-hybridized carbons (Fsp3) is 0.500. The molecule has 1 aliphatic rings. The zero-order valence-electron chi connectivity index (χ0n) is 12.9. The highest BCUT2D eigenvalue weighted by Crippen LogP contribution is 2.09. The van der Waals surface area contributed by atoms with Crippen LogP contribution in [0.3, 0.4) is 0 Å². The second-order valence-electron chi connectivity index (χ2n) is 5.40. The van der Waals surface area contributed by atoms with Crippen molar-refractivity contribution in [1.82, 2.24) is 16.0 Å². The van der Waals surface area contributed by atoms with E-state index < -0.39 is 0 Å². The van der Waals surface area contributed by atoms with E-state index in [2.05, 4.69) is 16.0 Å². The molecule has 1 aromatic rings. The van der Waals surface area contributed by atoms with Gasteiger partial charge in [-0.3, -0.25) is 9.59 Å². The summed E-state index contributed by atoms with van der Waals surface area (Å²) in [5.74, 6) is 2.02. The maximum atomic E-state index is 11.9. The molecule has 2 rings (SSSR count). The molecule has 1 aromatic carbocycles. The Kier molecular flexibility index (Phi) is 6.74. The van der Waals surface area contributed by atoms with E-state index in [4.69, 9.17) is 0 Å². The number of hydrogen-bond donors (Lipinski definition) is 3. The van der Waals surface area contributed by atoms with E-state index in [-0.39, 0.29) is 17.9 Å². The van der Waals surface area contributed by atoms with Gasteiger partial charge < -0.3 is 16.0 Å². The van der Waals surface area contributed by atoms with Crippen molar-refractivity contribution < 1.29 is 9.59 Å². The van der Waals surface area contributed by atoms with Gasteiger partial charge in [-0.15, -0.1) is 0 Å². The number of amides is 2. The van der Waals surface area contributed by atoms with Gasteiger partial charge in [-0.05, 0) is 19.1 Å². The number of benzene rings is 1. The smallest absolute Gasteiger partial charge is 0.251 e. The first kappa shape index (κ1) is 16.8. The van der Waals surface area contributed by atoms with Gasteiger partial charge in [-0.1, -0.05) is 17.7 Å². The van der Waals surface area contributed by atoms with Crippen LogP contribution in [-0.4, -0.2) is 49.0 Å². The molecular weight excluding hydrogens is 298 g/mol. The third kappa shape index (κ3) is 5.69. The van der Waals surface area contributed by atoms with Gasteiger partial charge in [-0.2, -0.15) is 11.8 Å². The van der Waals surface area contributed by atoms with Gasteiger partial charge >= 0.3 is 0 Å². The van der Waals surface area contributed by atoms with Crippen LogP contribution in [0, 0.1) is 6.92 Å². The monoisotopic (exact) mass is 321 g/mol.